The van der Waals surface area contributed by atoms with Gasteiger partial charge in [-0.15, -0.1) is 0 Å². The van der Waals surface area contributed by atoms with Crippen LogP contribution in [0.15, 0.2) is 54.6 Å². The second-order valence-corrected chi connectivity index (χ2v) is 9.00. The Hall–Kier alpha value is -3.21. The Morgan fingerprint density at radius 3 is 1.91 bits per heavy atom. The van der Waals surface area contributed by atoms with E-state index in [1.165, 1.54) is 0 Å². The van der Waals surface area contributed by atoms with Crippen LogP contribution in [0.1, 0.15) is 59.7 Å². The van der Waals surface area contributed by atoms with Crippen LogP contribution in [-0.4, -0.2) is 27.6 Å². The van der Waals surface area contributed by atoms with Crippen molar-refractivity contribution in [2.24, 2.45) is 5.92 Å². The van der Waals surface area contributed by atoms with E-state index in [0.29, 0.717) is 5.88 Å². The van der Waals surface area contributed by atoms with Gasteiger partial charge in [0.05, 0.1) is 23.1 Å². The highest BCUT2D eigenvalue weighted by Crippen LogP contribution is 2.22. The van der Waals surface area contributed by atoms with E-state index in [2.05, 4.69) is 9.97 Å². The van der Waals surface area contributed by atoms with E-state index >= 15 is 0 Å². The van der Waals surface area contributed by atoms with Gasteiger partial charge in [-0.05, 0) is 58.4 Å². The smallest absolute Gasteiger partial charge is 0.308 e. The summed E-state index contributed by atoms with van der Waals surface area (Å²) in [4.78, 5) is 20.2. The molecule has 5 heteroatoms. The van der Waals surface area contributed by atoms with Gasteiger partial charge < -0.3 is 9.47 Å². The molecule has 3 rings (SSSR count). The average molecular weight is 435 g/mol. The first-order valence-corrected chi connectivity index (χ1v) is 10.9. The van der Waals surface area contributed by atoms with Crippen molar-refractivity contribution in [3.63, 3.8) is 0 Å². The molecular weight excluding hydrogens is 400 g/mol. The zero-order chi connectivity index (χ0) is 23.7. The van der Waals surface area contributed by atoms with Crippen molar-refractivity contribution in [2.45, 2.75) is 60.2 Å². The van der Waals surface area contributed by atoms with Gasteiger partial charge in [-0.3, -0.25) is 4.79 Å². The minimum atomic E-state index is -0.346. The van der Waals surface area contributed by atoms with Crippen molar-refractivity contribution in [2.75, 3.05) is 0 Å². The molecule has 0 unspecified atom stereocenters. The van der Waals surface area contributed by atoms with E-state index in [-0.39, 0.29) is 23.6 Å². The number of benzene rings is 2. The summed E-state index contributed by atoms with van der Waals surface area (Å²) in [6.07, 6.45) is 4.03. The monoisotopic (exact) mass is 434 g/mol. The van der Waals surface area contributed by atoms with Gasteiger partial charge in [0.25, 0.3) is 0 Å². The molecule has 0 N–H and O–H groups in total. The van der Waals surface area contributed by atoms with Crippen LogP contribution in [0.25, 0.3) is 23.2 Å². The number of ether oxygens (including phenoxy) is 2. The quantitative estimate of drug-likeness (QED) is 0.425. The molecule has 3 aromatic rings. The molecular formula is C27H34N2O3. The number of fused-ring (bicyclic) bond motifs is 1. The van der Waals surface area contributed by atoms with E-state index in [1.807, 2.05) is 115 Å². The molecule has 0 saturated carbocycles. The highest BCUT2D eigenvalue weighted by molar-refractivity contribution is 5.78. The molecule has 0 aliphatic carbocycles. The summed E-state index contributed by atoms with van der Waals surface area (Å²) in [5.74, 6) is 0.410. The van der Waals surface area contributed by atoms with Gasteiger partial charge >= 0.3 is 5.97 Å². The summed E-state index contributed by atoms with van der Waals surface area (Å²) in [6, 6.07) is 17.9. The number of hydrogen-bond donors (Lipinski definition) is 0. The minimum absolute atomic E-state index is 0.0285. The zero-order valence-electron chi connectivity index (χ0n) is 20.1. The molecule has 0 amide bonds. The fraction of sp³-hybridized carbons (Fsp3) is 0.370. The number of carbonyl (C=O) groups excluding carboxylic acids is 1. The lowest BCUT2D eigenvalue weighted by Crippen LogP contribution is -2.26. The second kappa shape index (κ2) is 11.4. The lowest BCUT2D eigenvalue weighted by Gasteiger charge is -2.20. The number of carbonyl (C=O) groups is 1. The van der Waals surface area contributed by atoms with Crippen LogP contribution >= 0.6 is 0 Å². The predicted octanol–water partition coefficient (Wildman–Crippen LogP) is 6.57. The van der Waals surface area contributed by atoms with E-state index in [9.17, 15) is 4.79 Å². The molecule has 1 heterocycles. The molecule has 32 heavy (non-hydrogen) atoms. The minimum Gasteiger partial charge on any atom is -0.473 e. The maximum atomic E-state index is 10.9. The number of esters is 1. The Bertz CT molecular complexity index is 1040. The van der Waals surface area contributed by atoms with Crippen LogP contribution in [-0.2, 0) is 9.53 Å². The van der Waals surface area contributed by atoms with Gasteiger partial charge in [0, 0.05) is 0 Å². The first-order valence-electron chi connectivity index (χ1n) is 10.9. The number of rotatable bonds is 5. The lowest BCUT2D eigenvalue weighted by atomic mass is 10.1. The van der Waals surface area contributed by atoms with E-state index < -0.39 is 0 Å². The van der Waals surface area contributed by atoms with Crippen LogP contribution in [0.4, 0.5) is 0 Å². The summed E-state index contributed by atoms with van der Waals surface area (Å²) >= 11 is 0. The van der Waals surface area contributed by atoms with Gasteiger partial charge in [0.1, 0.15) is 11.3 Å². The molecule has 0 atom stereocenters. The van der Waals surface area contributed by atoms with Crippen LogP contribution < -0.4 is 4.74 Å². The van der Waals surface area contributed by atoms with Gasteiger partial charge in [-0.25, -0.2) is 9.97 Å². The van der Waals surface area contributed by atoms with Gasteiger partial charge in [-0.1, -0.05) is 62.4 Å². The van der Waals surface area contributed by atoms with Crippen LogP contribution in [0, 0.1) is 5.92 Å². The topological polar surface area (TPSA) is 61.3 Å². The summed E-state index contributed by atoms with van der Waals surface area (Å²) in [7, 11) is 0. The Morgan fingerprint density at radius 1 is 0.844 bits per heavy atom. The third-order valence-electron chi connectivity index (χ3n) is 4.02. The molecule has 0 saturated heterocycles. The van der Waals surface area contributed by atoms with Crippen LogP contribution in [0.2, 0.25) is 0 Å². The first kappa shape index (κ1) is 25.1. The van der Waals surface area contributed by atoms with E-state index in [1.54, 1.807) is 0 Å². The molecule has 0 spiro atoms. The number of aromatic nitrogens is 2. The van der Waals surface area contributed by atoms with Crippen molar-refractivity contribution in [3.05, 3.63) is 65.9 Å². The maximum Gasteiger partial charge on any atom is 0.308 e. The van der Waals surface area contributed by atoms with Crippen LogP contribution in [0.5, 0.6) is 5.88 Å². The highest BCUT2D eigenvalue weighted by atomic mass is 16.6. The largest absolute Gasteiger partial charge is 0.473 e. The summed E-state index contributed by atoms with van der Waals surface area (Å²) in [6.45, 7) is 13.2. The Labute approximate surface area is 191 Å². The SMILES string of the molecule is CC(C)C(=O)OC(C)(C)C.CC(C)Oc1nc2ccccc2nc1/C=C/c1ccccc1. The van der Waals surface area contributed by atoms with Crippen molar-refractivity contribution in [1.82, 2.24) is 9.97 Å². The van der Waals surface area contributed by atoms with E-state index in [4.69, 9.17) is 9.47 Å². The summed E-state index contributed by atoms with van der Waals surface area (Å²) in [5.41, 5.74) is 3.23. The Morgan fingerprint density at radius 2 is 1.41 bits per heavy atom. The standard InChI is InChI=1S/C19H18N2O.C8H16O2/c1-14(2)22-19-18(13-12-15-8-4-3-5-9-15)20-16-10-6-7-11-17(16)21-19;1-6(2)7(9)10-8(3,4)5/h3-14H,1-2H3;6H,1-5H3/b13-12+;. The first-order chi connectivity index (χ1) is 15.0. The predicted molar refractivity (Wildman–Crippen MR) is 131 cm³/mol. The summed E-state index contributed by atoms with van der Waals surface area (Å²) in [5, 5.41) is 0. The van der Waals surface area contributed by atoms with E-state index in [0.717, 1.165) is 22.3 Å². The number of hydrogen-bond acceptors (Lipinski definition) is 5. The molecule has 0 aliphatic heterocycles. The third kappa shape index (κ3) is 8.50. The molecule has 170 valence electrons. The molecule has 2 aromatic carbocycles. The normalized spacial score (nSPS) is 11.5. The molecule has 0 bridgehead atoms. The van der Waals surface area contributed by atoms with Crippen molar-refractivity contribution < 1.29 is 14.3 Å². The van der Waals surface area contributed by atoms with Gasteiger partial charge in [0.2, 0.25) is 5.88 Å². The van der Waals surface area contributed by atoms with Crippen molar-refractivity contribution in [1.29, 1.82) is 0 Å². The Balaban J connectivity index is 0.000000309. The zero-order valence-corrected chi connectivity index (χ0v) is 20.1. The van der Waals surface area contributed by atoms with Crippen LogP contribution in [0.3, 0.4) is 0 Å². The highest BCUT2D eigenvalue weighted by Gasteiger charge is 2.18. The average Bonchev–Trinajstić information content (AvgIpc) is 2.72. The second-order valence-electron chi connectivity index (χ2n) is 9.00. The molecule has 0 aliphatic rings. The number of para-hydroxylation sites is 2. The molecule has 0 radical (unpaired) electrons. The molecule has 0 fully saturated rings. The van der Waals surface area contributed by atoms with Crippen molar-refractivity contribution >= 4 is 29.2 Å². The maximum absolute atomic E-state index is 10.9. The molecule has 1 aromatic heterocycles. The van der Waals surface area contributed by atoms with Gasteiger partial charge in [-0.2, -0.15) is 0 Å². The fourth-order valence-electron chi connectivity index (χ4n) is 2.57. The lowest BCUT2D eigenvalue weighted by molar-refractivity contribution is -0.158. The number of nitrogens with zero attached hydrogens (tertiary/aromatic N) is 2. The third-order valence-corrected chi connectivity index (χ3v) is 4.02. The summed E-state index contributed by atoms with van der Waals surface area (Å²) < 4.78 is 10.9. The van der Waals surface area contributed by atoms with Gasteiger partial charge in [0.15, 0.2) is 0 Å². The Kier molecular flexibility index (Phi) is 8.94. The van der Waals surface area contributed by atoms with Crippen molar-refractivity contribution in [3.8, 4) is 5.88 Å². The fourth-order valence-corrected chi connectivity index (χ4v) is 2.57. The molecule has 5 nitrogen and oxygen atoms in total.